The SMILES string of the molecule is O=P(O)(O)C(O)(C1CNC1)P(=O)(O)O. The molecule has 1 aliphatic rings. The molecule has 84 valence electrons. The van der Waals surface area contributed by atoms with Crippen LogP contribution in [0.5, 0.6) is 0 Å². The van der Waals surface area contributed by atoms with Gasteiger partial charge in [0.25, 0.3) is 5.08 Å². The van der Waals surface area contributed by atoms with Gasteiger partial charge in [0.2, 0.25) is 0 Å². The first-order chi connectivity index (χ1) is 6.11. The summed E-state index contributed by atoms with van der Waals surface area (Å²) in [4.78, 5) is 35.0. The molecule has 1 aliphatic heterocycles. The third kappa shape index (κ3) is 1.68. The minimum atomic E-state index is -5.28. The lowest BCUT2D eigenvalue weighted by Gasteiger charge is -2.41. The van der Waals surface area contributed by atoms with E-state index in [1.54, 1.807) is 0 Å². The van der Waals surface area contributed by atoms with Gasteiger partial charge in [-0.3, -0.25) is 9.13 Å². The van der Waals surface area contributed by atoms with Gasteiger partial charge in [-0.05, 0) is 0 Å². The Labute approximate surface area is 79.3 Å². The average molecular weight is 247 g/mol. The van der Waals surface area contributed by atoms with Crippen molar-refractivity contribution >= 4 is 15.2 Å². The van der Waals surface area contributed by atoms with Gasteiger partial charge in [0.1, 0.15) is 0 Å². The second-order valence-corrected chi connectivity index (χ2v) is 7.02. The van der Waals surface area contributed by atoms with E-state index in [0.29, 0.717) is 0 Å². The Morgan fingerprint density at radius 1 is 1.07 bits per heavy atom. The molecule has 0 aromatic heterocycles. The van der Waals surface area contributed by atoms with Crippen LogP contribution in [0.3, 0.4) is 0 Å². The Bertz CT molecular complexity index is 292. The van der Waals surface area contributed by atoms with E-state index in [1.807, 2.05) is 0 Å². The quantitative estimate of drug-likeness (QED) is 0.320. The predicted molar refractivity (Wildman–Crippen MR) is 45.4 cm³/mol. The van der Waals surface area contributed by atoms with Crippen LogP contribution < -0.4 is 5.32 Å². The summed E-state index contributed by atoms with van der Waals surface area (Å²) < 4.78 is 21.7. The Hall–Kier alpha value is 0.220. The van der Waals surface area contributed by atoms with Crippen LogP contribution in [0.2, 0.25) is 0 Å². The molecule has 0 radical (unpaired) electrons. The maximum Gasteiger partial charge on any atom is 0.369 e. The first kappa shape index (κ1) is 12.3. The normalized spacial score (nSPS) is 20.6. The molecule has 0 saturated carbocycles. The second kappa shape index (κ2) is 3.37. The molecule has 14 heavy (non-hydrogen) atoms. The summed E-state index contributed by atoms with van der Waals surface area (Å²) in [6.07, 6.45) is 0. The number of hydrogen-bond donors (Lipinski definition) is 6. The fraction of sp³-hybridized carbons (Fsp3) is 1.00. The van der Waals surface area contributed by atoms with Crippen molar-refractivity contribution in [2.24, 2.45) is 5.92 Å². The molecule has 0 spiro atoms. The zero-order valence-corrected chi connectivity index (χ0v) is 8.73. The maximum atomic E-state index is 10.9. The van der Waals surface area contributed by atoms with E-state index in [9.17, 15) is 14.2 Å². The lowest BCUT2D eigenvalue weighted by atomic mass is 10.0. The summed E-state index contributed by atoms with van der Waals surface area (Å²) in [5.74, 6) is -1.14. The summed E-state index contributed by atoms with van der Waals surface area (Å²) in [6, 6.07) is 0. The van der Waals surface area contributed by atoms with Gasteiger partial charge in [-0.2, -0.15) is 0 Å². The average Bonchev–Trinajstić information content (AvgIpc) is 1.77. The summed E-state index contributed by atoms with van der Waals surface area (Å²) in [5.41, 5.74) is 0. The minimum absolute atomic E-state index is 0.0350. The van der Waals surface area contributed by atoms with Gasteiger partial charge >= 0.3 is 15.2 Å². The molecule has 0 unspecified atom stereocenters. The van der Waals surface area contributed by atoms with Crippen molar-refractivity contribution in [3.05, 3.63) is 0 Å². The predicted octanol–water partition coefficient (Wildman–Crippen LogP) is -1.79. The Morgan fingerprint density at radius 3 is 1.50 bits per heavy atom. The van der Waals surface area contributed by atoms with Crippen molar-refractivity contribution in [2.45, 2.75) is 5.08 Å². The highest BCUT2D eigenvalue weighted by atomic mass is 31.2. The molecule has 0 atom stereocenters. The molecular formula is C4H11NO7P2. The first-order valence-electron chi connectivity index (χ1n) is 3.65. The number of aliphatic hydroxyl groups is 1. The van der Waals surface area contributed by atoms with E-state index < -0.39 is 26.2 Å². The first-order valence-corrected chi connectivity index (χ1v) is 6.87. The van der Waals surface area contributed by atoms with Crippen LogP contribution in [0.4, 0.5) is 0 Å². The third-order valence-corrected chi connectivity index (χ3v) is 6.19. The lowest BCUT2D eigenvalue weighted by Crippen LogP contribution is -2.55. The molecule has 1 saturated heterocycles. The highest BCUT2D eigenvalue weighted by molar-refractivity contribution is 7.72. The highest BCUT2D eigenvalue weighted by Gasteiger charge is 2.65. The molecule has 1 fully saturated rings. The fourth-order valence-corrected chi connectivity index (χ4v) is 3.88. The lowest BCUT2D eigenvalue weighted by molar-refractivity contribution is 0.0542. The Morgan fingerprint density at radius 2 is 1.43 bits per heavy atom. The van der Waals surface area contributed by atoms with Gasteiger partial charge in [0.05, 0.1) is 0 Å². The topological polar surface area (TPSA) is 147 Å². The minimum Gasteiger partial charge on any atom is -0.367 e. The van der Waals surface area contributed by atoms with Crippen LogP contribution in [-0.2, 0) is 9.13 Å². The van der Waals surface area contributed by atoms with E-state index in [-0.39, 0.29) is 13.1 Å². The molecule has 6 N–H and O–H groups in total. The van der Waals surface area contributed by atoms with Crippen LogP contribution in [0, 0.1) is 5.92 Å². The van der Waals surface area contributed by atoms with Gasteiger partial charge in [0, 0.05) is 19.0 Å². The van der Waals surface area contributed by atoms with Gasteiger partial charge in [0.15, 0.2) is 0 Å². The molecule has 0 aromatic rings. The van der Waals surface area contributed by atoms with Gasteiger partial charge in [-0.1, -0.05) is 0 Å². The van der Waals surface area contributed by atoms with Crippen LogP contribution in [-0.4, -0.2) is 42.9 Å². The van der Waals surface area contributed by atoms with E-state index in [2.05, 4.69) is 5.32 Å². The van der Waals surface area contributed by atoms with E-state index in [0.717, 1.165) is 0 Å². The smallest absolute Gasteiger partial charge is 0.367 e. The molecule has 0 amide bonds. The number of nitrogens with one attached hydrogen (secondary N) is 1. The van der Waals surface area contributed by atoms with Crippen LogP contribution >= 0.6 is 15.2 Å². The Kier molecular flexibility index (Phi) is 2.95. The number of hydrogen-bond acceptors (Lipinski definition) is 4. The van der Waals surface area contributed by atoms with Crippen molar-refractivity contribution in [3.8, 4) is 0 Å². The molecule has 1 heterocycles. The zero-order valence-electron chi connectivity index (χ0n) is 6.94. The summed E-state index contributed by atoms with van der Waals surface area (Å²) in [6.45, 7) is -0.0700. The van der Waals surface area contributed by atoms with E-state index in [4.69, 9.17) is 19.6 Å². The van der Waals surface area contributed by atoms with Crippen LogP contribution in [0.1, 0.15) is 0 Å². The van der Waals surface area contributed by atoms with Crippen molar-refractivity contribution < 1.29 is 33.8 Å². The summed E-state index contributed by atoms with van der Waals surface area (Å²) >= 11 is 0. The fourth-order valence-electron chi connectivity index (χ4n) is 1.21. The molecule has 8 nitrogen and oxygen atoms in total. The maximum absolute atomic E-state index is 10.9. The molecule has 10 heteroatoms. The summed E-state index contributed by atoms with van der Waals surface area (Å²) in [7, 11) is -10.6. The molecule has 0 aromatic carbocycles. The third-order valence-electron chi connectivity index (χ3n) is 2.19. The Balaban J connectivity index is 3.15. The molecule has 1 rings (SSSR count). The van der Waals surface area contributed by atoms with Crippen molar-refractivity contribution in [2.75, 3.05) is 13.1 Å². The van der Waals surface area contributed by atoms with Crippen molar-refractivity contribution in [3.63, 3.8) is 0 Å². The van der Waals surface area contributed by atoms with Crippen LogP contribution in [0.15, 0.2) is 0 Å². The largest absolute Gasteiger partial charge is 0.369 e. The highest BCUT2D eigenvalue weighted by Crippen LogP contribution is 2.70. The van der Waals surface area contributed by atoms with Crippen LogP contribution in [0.25, 0.3) is 0 Å². The second-order valence-electron chi connectivity index (χ2n) is 3.13. The monoisotopic (exact) mass is 247 g/mol. The standard InChI is InChI=1S/C4H11NO7P2/c6-4(13(7,8)9,14(10,11)12)3-1-5-2-3/h3,5-6H,1-2H2,(H2,7,8,9)(H2,10,11,12). The van der Waals surface area contributed by atoms with E-state index in [1.165, 1.54) is 0 Å². The van der Waals surface area contributed by atoms with Crippen molar-refractivity contribution in [1.29, 1.82) is 0 Å². The molecular weight excluding hydrogens is 236 g/mol. The van der Waals surface area contributed by atoms with Gasteiger partial charge in [-0.25, -0.2) is 0 Å². The van der Waals surface area contributed by atoms with Gasteiger partial charge in [-0.15, -0.1) is 0 Å². The van der Waals surface area contributed by atoms with Crippen molar-refractivity contribution in [1.82, 2.24) is 5.32 Å². The summed E-state index contributed by atoms with van der Waals surface area (Å²) in [5, 5.41) is 8.74. The van der Waals surface area contributed by atoms with E-state index >= 15 is 0 Å². The van der Waals surface area contributed by atoms with Gasteiger partial charge < -0.3 is 30.0 Å². The zero-order chi connectivity index (χ0) is 11.2. The molecule has 0 aliphatic carbocycles. The molecule has 0 bridgehead atoms. The number of rotatable bonds is 3.